The zero-order chi connectivity index (χ0) is 5.28. The molecule has 0 radical (unpaired) electrons. The first-order valence-corrected chi connectivity index (χ1v) is 7.12. The number of nitrogens with zero attached hydrogens (tertiary/aromatic N) is 1. The zero-order valence-electron chi connectivity index (χ0n) is 5.15. The molecule has 7 heavy (non-hydrogen) atoms. The molecule has 42 valence electrons. The van der Waals surface area contributed by atoms with Crippen molar-refractivity contribution in [2.24, 2.45) is 0 Å². The molecule has 1 nitrogen and oxygen atoms in total. The van der Waals surface area contributed by atoms with Crippen LogP contribution in [0.3, 0.4) is 0 Å². The van der Waals surface area contributed by atoms with Crippen LogP contribution in [0, 0.1) is 0 Å². The highest BCUT2D eigenvalue weighted by atomic mass is 28.4. The van der Waals surface area contributed by atoms with Crippen molar-refractivity contribution < 1.29 is 0 Å². The van der Waals surface area contributed by atoms with E-state index in [9.17, 15) is 0 Å². The highest BCUT2D eigenvalue weighted by molar-refractivity contribution is 6.84. The van der Waals surface area contributed by atoms with Crippen molar-refractivity contribution in [3.8, 4) is 0 Å². The van der Waals surface area contributed by atoms with Crippen molar-refractivity contribution in [2.75, 3.05) is 14.1 Å². The molecule has 0 aromatic carbocycles. The van der Waals surface area contributed by atoms with Gasteiger partial charge in [0.05, 0.1) is 0 Å². The third-order valence-electron chi connectivity index (χ3n) is 1.80. The average molecular weight is 131 g/mol. The molecular formula is C4H13NSi2. The quantitative estimate of drug-likeness (QED) is 0.428. The molecule has 0 saturated carbocycles. The summed E-state index contributed by atoms with van der Waals surface area (Å²) >= 11 is 0. The monoisotopic (exact) mass is 131 g/mol. The molecular weight excluding hydrogens is 118 g/mol. The van der Waals surface area contributed by atoms with Crippen molar-refractivity contribution >= 4 is 18.5 Å². The lowest BCUT2D eigenvalue weighted by atomic mass is 11.3. The minimum Gasteiger partial charge on any atom is -0.332 e. The summed E-state index contributed by atoms with van der Waals surface area (Å²) in [6, 6.07) is 0. The van der Waals surface area contributed by atoms with Crippen LogP contribution in [-0.4, -0.2) is 37.1 Å². The van der Waals surface area contributed by atoms with E-state index >= 15 is 0 Å². The normalized spacial score (nSPS) is 33.9. The van der Waals surface area contributed by atoms with E-state index in [1.165, 1.54) is 0 Å². The van der Waals surface area contributed by atoms with E-state index in [-0.39, 0.29) is 8.96 Å². The molecule has 0 N–H and O–H groups in total. The van der Waals surface area contributed by atoms with E-state index in [2.05, 4.69) is 18.7 Å². The van der Waals surface area contributed by atoms with E-state index in [0.717, 1.165) is 0 Å². The molecule has 0 aromatic rings. The molecule has 1 heterocycles. The van der Waals surface area contributed by atoms with Crippen LogP contribution in [0.4, 0.5) is 0 Å². The Morgan fingerprint density at radius 1 is 1.43 bits per heavy atom. The molecule has 0 atom stereocenters. The van der Waals surface area contributed by atoms with Gasteiger partial charge in [-0.25, -0.2) is 0 Å². The summed E-state index contributed by atoms with van der Waals surface area (Å²) in [5, 5.41) is 0. The minimum absolute atomic E-state index is 0.179. The van der Waals surface area contributed by atoms with Crippen LogP contribution >= 0.6 is 0 Å². The summed E-state index contributed by atoms with van der Waals surface area (Å²) < 4.78 is 2.48. The number of rotatable bonds is 1. The lowest BCUT2D eigenvalue weighted by molar-refractivity contribution is 0.639. The predicted molar refractivity (Wildman–Crippen MR) is 39.0 cm³/mol. The molecule has 1 fully saturated rings. The smallest absolute Gasteiger partial charge is 0.105 e. The maximum Gasteiger partial charge on any atom is 0.105 e. The first-order chi connectivity index (χ1) is 3.30. The number of hydrogen-bond acceptors (Lipinski definition) is 1. The van der Waals surface area contributed by atoms with Crippen molar-refractivity contribution in [1.29, 1.82) is 0 Å². The van der Waals surface area contributed by atoms with Gasteiger partial charge in [0.2, 0.25) is 0 Å². The van der Waals surface area contributed by atoms with Crippen molar-refractivity contribution in [2.45, 2.75) is 11.3 Å². The standard InChI is InChI=1S/C4H13NSi2/c1-5(2)7-3-6-4-7/h7H,3-4,6H2,1-2H3. The van der Waals surface area contributed by atoms with Crippen molar-refractivity contribution in [1.82, 2.24) is 4.57 Å². The first-order valence-electron chi connectivity index (χ1n) is 2.97. The Hall–Kier alpha value is 0.394. The van der Waals surface area contributed by atoms with E-state index < -0.39 is 0 Å². The second kappa shape index (κ2) is 2.11. The Balaban J connectivity index is 2.14. The summed E-state index contributed by atoms with van der Waals surface area (Å²) in [6.45, 7) is 0. The number of hydrogen-bond donors (Lipinski definition) is 0. The molecule has 1 rings (SSSR count). The zero-order valence-corrected chi connectivity index (χ0v) is 7.71. The van der Waals surface area contributed by atoms with Gasteiger partial charge in [0.15, 0.2) is 0 Å². The summed E-state index contributed by atoms with van der Waals surface area (Å²) in [5.41, 5.74) is 3.40. The van der Waals surface area contributed by atoms with Crippen molar-refractivity contribution in [3.63, 3.8) is 0 Å². The maximum atomic E-state index is 2.48. The van der Waals surface area contributed by atoms with Gasteiger partial charge >= 0.3 is 0 Å². The lowest BCUT2D eigenvalue weighted by Gasteiger charge is -2.29. The van der Waals surface area contributed by atoms with Gasteiger partial charge in [-0.15, -0.1) is 0 Å². The van der Waals surface area contributed by atoms with Crippen LogP contribution in [0.15, 0.2) is 0 Å². The van der Waals surface area contributed by atoms with Gasteiger partial charge in [-0.1, -0.05) is 11.3 Å². The lowest BCUT2D eigenvalue weighted by Crippen LogP contribution is -2.42. The van der Waals surface area contributed by atoms with Crippen LogP contribution in [0.2, 0.25) is 11.3 Å². The molecule has 1 aliphatic rings. The molecule has 0 bridgehead atoms. The second-order valence-electron chi connectivity index (χ2n) is 2.55. The largest absolute Gasteiger partial charge is 0.332 e. The fourth-order valence-electron chi connectivity index (χ4n) is 0.903. The van der Waals surface area contributed by atoms with Gasteiger partial charge in [-0.2, -0.15) is 0 Å². The Morgan fingerprint density at radius 2 is 2.00 bits per heavy atom. The molecule has 3 heteroatoms. The average Bonchev–Trinajstić information content (AvgIpc) is 1.23. The molecule has 0 amide bonds. The van der Waals surface area contributed by atoms with Crippen LogP contribution in [0.5, 0.6) is 0 Å². The van der Waals surface area contributed by atoms with E-state index in [0.29, 0.717) is 9.52 Å². The van der Waals surface area contributed by atoms with Gasteiger partial charge in [0, 0.05) is 9.52 Å². The topological polar surface area (TPSA) is 3.24 Å². The van der Waals surface area contributed by atoms with Gasteiger partial charge < -0.3 is 4.57 Å². The molecule has 0 unspecified atom stereocenters. The molecule has 0 spiro atoms. The minimum atomic E-state index is -0.179. The fraction of sp³-hybridized carbons (Fsp3) is 1.00. The third-order valence-corrected chi connectivity index (χ3v) is 11.9. The first kappa shape index (κ1) is 5.53. The van der Waals surface area contributed by atoms with Gasteiger partial charge in [0.25, 0.3) is 0 Å². The Morgan fingerprint density at radius 3 is 2.00 bits per heavy atom. The third kappa shape index (κ3) is 1.14. The van der Waals surface area contributed by atoms with Gasteiger partial charge in [0.1, 0.15) is 8.96 Å². The van der Waals surface area contributed by atoms with Crippen LogP contribution < -0.4 is 0 Å². The fourth-order valence-corrected chi connectivity index (χ4v) is 8.13. The van der Waals surface area contributed by atoms with E-state index in [1.54, 1.807) is 11.3 Å². The van der Waals surface area contributed by atoms with Crippen LogP contribution in [-0.2, 0) is 0 Å². The van der Waals surface area contributed by atoms with Crippen LogP contribution in [0.25, 0.3) is 0 Å². The Labute approximate surface area is 49.2 Å². The molecule has 0 aliphatic carbocycles. The Bertz CT molecular complexity index is 60.7. The summed E-state index contributed by atoms with van der Waals surface area (Å²) in [4.78, 5) is 0. The highest BCUT2D eigenvalue weighted by Gasteiger charge is 2.21. The molecule has 1 aliphatic heterocycles. The second-order valence-corrected chi connectivity index (χ2v) is 10.2. The van der Waals surface area contributed by atoms with Gasteiger partial charge in [-0.05, 0) is 14.1 Å². The maximum absolute atomic E-state index is 2.48. The Kier molecular flexibility index (Phi) is 1.66. The summed E-state index contributed by atoms with van der Waals surface area (Å²) in [7, 11) is 4.84. The van der Waals surface area contributed by atoms with E-state index in [1.807, 2.05) is 0 Å². The SMILES string of the molecule is CN(C)[SiH]1C[SiH2]C1. The summed E-state index contributed by atoms with van der Waals surface area (Å²) in [6.07, 6.45) is 0. The summed E-state index contributed by atoms with van der Waals surface area (Å²) in [5.74, 6) is 0. The predicted octanol–water partition coefficient (Wildman–Crippen LogP) is -0.631. The highest BCUT2D eigenvalue weighted by Crippen LogP contribution is 2.11. The van der Waals surface area contributed by atoms with E-state index in [4.69, 9.17) is 0 Å². The van der Waals surface area contributed by atoms with Crippen LogP contribution in [0.1, 0.15) is 0 Å². The van der Waals surface area contributed by atoms with Crippen molar-refractivity contribution in [3.05, 3.63) is 0 Å². The molecule has 0 aromatic heterocycles. The molecule has 1 saturated heterocycles. The van der Waals surface area contributed by atoms with Gasteiger partial charge in [-0.3, -0.25) is 0 Å².